The van der Waals surface area contributed by atoms with Gasteiger partial charge in [-0.1, -0.05) is 62.4 Å². The van der Waals surface area contributed by atoms with E-state index in [1.807, 2.05) is 6.08 Å². The second kappa shape index (κ2) is 7.79. The summed E-state index contributed by atoms with van der Waals surface area (Å²) in [6.07, 6.45) is 12.4. The van der Waals surface area contributed by atoms with E-state index in [1.165, 1.54) is 11.1 Å². The summed E-state index contributed by atoms with van der Waals surface area (Å²) in [5, 5.41) is 0. The van der Waals surface area contributed by atoms with Crippen LogP contribution in [0.3, 0.4) is 0 Å². The molecule has 2 heteroatoms. The predicted octanol–water partition coefficient (Wildman–Crippen LogP) is 4.94. The van der Waals surface area contributed by atoms with Crippen LogP contribution in [0, 0.1) is 5.41 Å². The number of aldehydes is 1. The van der Waals surface area contributed by atoms with Crippen molar-refractivity contribution in [1.29, 1.82) is 0 Å². The van der Waals surface area contributed by atoms with Crippen molar-refractivity contribution in [2.45, 2.75) is 33.1 Å². The minimum atomic E-state index is 0.274. The van der Waals surface area contributed by atoms with Crippen LogP contribution in [0.2, 0.25) is 0 Å². The van der Waals surface area contributed by atoms with Crippen molar-refractivity contribution in [3.8, 4) is 0 Å². The number of carbonyl (C=O) groups excluding carboxylic acids is 1. The van der Waals surface area contributed by atoms with E-state index in [-0.39, 0.29) is 5.41 Å². The molecule has 0 spiro atoms. The van der Waals surface area contributed by atoms with Crippen LogP contribution in [0.1, 0.15) is 38.7 Å². The zero-order chi connectivity index (χ0) is 15.8. The molecule has 0 aromatic heterocycles. The third-order valence-corrected chi connectivity index (χ3v) is 3.92. The summed E-state index contributed by atoms with van der Waals surface area (Å²) < 4.78 is 4.92. The molecule has 3 rings (SSSR count). The van der Waals surface area contributed by atoms with Crippen molar-refractivity contribution in [1.82, 2.24) is 0 Å². The monoisotopic (exact) mass is 296 g/mol. The lowest BCUT2D eigenvalue weighted by Gasteiger charge is -2.29. The lowest BCUT2D eigenvalue weighted by Crippen LogP contribution is -2.14. The SMILES string of the molecule is CC1(C)CC=CC=C1c1ccccc1.O=CC1=CCCCO1. The molecular weight excluding hydrogens is 272 g/mol. The highest BCUT2D eigenvalue weighted by atomic mass is 16.5. The Balaban J connectivity index is 0.000000188. The third kappa shape index (κ3) is 4.45. The maximum absolute atomic E-state index is 9.97. The van der Waals surface area contributed by atoms with E-state index in [1.54, 1.807) is 0 Å². The lowest BCUT2D eigenvalue weighted by atomic mass is 9.75. The highest BCUT2D eigenvalue weighted by Crippen LogP contribution is 2.39. The molecule has 0 bridgehead atoms. The summed E-state index contributed by atoms with van der Waals surface area (Å²) in [5.74, 6) is 0.497. The van der Waals surface area contributed by atoms with Crippen LogP contribution < -0.4 is 0 Å². The van der Waals surface area contributed by atoms with E-state index >= 15 is 0 Å². The van der Waals surface area contributed by atoms with Crippen LogP contribution in [-0.2, 0) is 9.53 Å². The highest BCUT2D eigenvalue weighted by Gasteiger charge is 2.24. The van der Waals surface area contributed by atoms with Crippen LogP contribution in [0.25, 0.3) is 5.57 Å². The average Bonchev–Trinajstić information content (AvgIpc) is 2.56. The zero-order valence-electron chi connectivity index (χ0n) is 13.4. The molecular formula is C20H24O2. The second-order valence-electron chi connectivity index (χ2n) is 6.18. The molecule has 0 amide bonds. The van der Waals surface area contributed by atoms with E-state index in [4.69, 9.17) is 4.74 Å². The van der Waals surface area contributed by atoms with Gasteiger partial charge in [0.25, 0.3) is 0 Å². The van der Waals surface area contributed by atoms with Crippen molar-refractivity contribution < 1.29 is 9.53 Å². The molecule has 0 saturated carbocycles. The summed E-state index contributed by atoms with van der Waals surface area (Å²) >= 11 is 0. The molecule has 1 aliphatic carbocycles. The molecule has 1 aromatic rings. The number of hydrogen-bond acceptors (Lipinski definition) is 2. The molecule has 0 unspecified atom stereocenters. The van der Waals surface area contributed by atoms with Crippen molar-refractivity contribution in [3.63, 3.8) is 0 Å². The van der Waals surface area contributed by atoms with Crippen molar-refractivity contribution in [2.24, 2.45) is 5.41 Å². The predicted molar refractivity (Wildman–Crippen MR) is 91.3 cm³/mol. The maximum Gasteiger partial charge on any atom is 0.184 e. The fourth-order valence-electron chi connectivity index (χ4n) is 2.63. The summed E-state index contributed by atoms with van der Waals surface area (Å²) in [5.41, 5.74) is 3.07. The molecule has 0 radical (unpaired) electrons. The minimum absolute atomic E-state index is 0.274. The number of allylic oxidation sites excluding steroid dienone is 6. The van der Waals surface area contributed by atoms with E-state index in [0.717, 1.165) is 25.5 Å². The number of ether oxygens (including phenoxy) is 1. The Kier molecular flexibility index (Phi) is 5.76. The van der Waals surface area contributed by atoms with E-state index < -0.39 is 0 Å². The molecule has 116 valence electrons. The summed E-state index contributed by atoms with van der Waals surface area (Å²) in [4.78, 5) is 9.97. The van der Waals surface area contributed by atoms with Gasteiger partial charge in [-0.2, -0.15) is 0 Å². The van der Waals surface area contributed by atoms with Gasteiger partial charge in [0, 0.05) is 0 Å². The normalized spacial score (nSPS) is 19.0. The first kappa shape index (κ1) is 16.3. The van der Waals surface area contributed by atoms with Crippen LogP contribution in [0.4, 0.5) is 0 Å². The maximum atomic E-state index is 9.97. The quantitative estimate of drug-likeness (QED) is 0.723. The van der Waals surface area contributed by atoms with Crippen LogP contribution in [0.15, 0.2) is 60.4 Å². The largest absolute Gasteiger partial charge is 0.490 e. The van der Waals surface area contributed by atoms with Crippen LogP contribution >= 0.6 is 0 Å². The molecule has 2 aliphatic rings. The lowest BCUT2D eigenvalue weighted by molar-refractivity contribution is -0.108. The van der Waals surface area contributed by atoms with Gasteiger partial charge < -0.3 is 4.74 Å². The summed E-state index contributed by atoms with van der Waals surface area (Å²) in [6.45, 7) is 5.30. The molecule has 1 heterocycles. The van der Waals surface area contributed by atoms with Gasteiger partial charge in [-0.3, -0.25) is 4.79 Å². The van der Waals surface area contributed by atoms with Gasteiger partial charge in [0.2, 0.25) is 0 Å². The van der Waals surface area contributed by atoms with Gasteiger partial charge in [0.1, 0.15) is 0 Å². The molecule has 0 atom stereocenters. The summed E-state index contributed by atoms with van der Waals surface area (Å²) in [7, 11) is 0. The van der Waals surface area contributed by atoms with E-state index in [0.29, 0.717) is 12.4 Å². The number of hydrogen-bond donors (Lipinski definition) is 0. The number of rotatable bonds is 2. The molecule has 2 nitrogen and oxygen atoms in total. The minimum Gasteiger partial charge on any atom is -0.490 e. The Hall–Kier alpha value is -2.09. The Labute approximate surface area is 133 Å². The van der Waals surface area contributed by atoms with Crippen LogP contribution in [0.5, 0.6) is 0 Å². The Bertz CT molecular complexity index is 577. The highest BCUT2D eigenvalue weighted by molar-refractivity contribution is 5.72. The van der Waals surface area contributed by atoms with Crippen molar-refractivity contribution in [3.05, 3.63) is 66.0 Å². The fraction of sp³-hybridized carbons (Fsp3) is 0.350. The standard InChI is InChI=1S/C14H16.C6H8O2/c1-14(2)11-7-6-10-13(14)12-8-4-3-5-9-12;7-5-6-3-1-2-4-8-6/h3-10H,11H2,1-2H3;3,5H,1-2,4H2. The molecule has 0 fully saturated rings. The number of benzene rings is 1. The van der Waals surface area contributed by atoms with Gasteiger partial charge in [-0.05, 0) is 41.9 Å². The first-order chi connectivity index (χ1) is 10.6. The van der Waals surface area contributed by atoms with E-state index in [9.17, 15) is 4.79 Å². The molecule has 22 heavy (non-hydrogen) atoms. The Morgan fingerprint density at radius 2 is 1.95 bits per heavy atom. The van der Waals surface area contributed by atoms with Gasteiger partial charge in [0.15, 0.2) is 12.0 Å². The fourth-order valence-corrected chi connectivity index (χ4v) is 2.63. The topological polar surface area (TPSA) is 26.3 Å². The third-order valence-electron chi connectivity index (χ3n) is 3.92. The Morgan fingerprint density at radius 3 is 2.50 bits per heavy atom. The van der Waals surface area contributed by atoms with Gasteiger partial charge >= 0.3 is 0 Å². The Morgan fingerprint density at radius 1 is 1.18 bits per heavy atom. The average molecular weight is 296 g/mol. The first-order valence-electron chi connectivity index (χ1n) is 7.84. The van der Waals surface area contributed by atoms with Gasteiger partial charge in [0.05, 0.1) is 6.61 Å². The van der Waals surface area contributed by atoms with Crippen LogP contribution in [-0.4, -0.2) is 12.9 Å². The molecule has 0 N–H and O–H groups in total. The first-order valence-corrected chi connectivity index (χ1v) is 7.84. The second-order valence-corrected chi connectivity index (χ2v) is 6.18. The van der Waals surface area contributed by atoms with E-state index in [2.05, 4.69) is 62.4 Å². The number of carbonyl (C=O) groups is 1. The van der Waals surface area contributed by atoms with Gasteiger partial charge in [-0.25, -0.2) is 0 Å². The zero-order valence-corrected chi connectivity index (χ0v) is 13.4. The van der Waals surface area contributed by atoms with Crippen molar-refractivity contribution in [2.75, 3.05) is 6.61 Å². The van der Waals surface area contributed by atoms with Crippen molar-refractivity contribution >= 4 is 11.9 Å². The summed E-state index contributed by atoms with van der Waals surface area (Å²) in [6, 6.07) is 10.6. The van der Waals surface area contributed by atoms with Gasteiger partial charge in [-0.15, -0.1) is 0 Å². The molecule has 0 saturated heterocycles. The molecule has 1 aliphatic heterocycles. The smallest absolute Gasteiger partial charge is 0.184 e. The molecule has 1 aromatic carbocycles.